The van der Waals surface area contributed by atoms with Crippen LogP contribution in [0, 0.1) is 0 Å². The van der Waals surface area contributed by atoms with Crippen LogP contribution in [-0.2, 0) is 4.43 Å². The highest BCUT2D eigenvalue weighted by Gasteiger charge is 2.39. The van der Waals surface area contributed by atoms with Crippen LogP contribution < -0.4 is 0 Å². The molecule has 1 heterocycles. The minimum Gasteiger partial charge on any atom is -0.410 e. The summed E-state index contributed by atoms with van der Waals surface area (Å²) in [5.41, 5.74) is 1.39. The molecule has 1 aromatic heterocycles. The van der Waals surface area contributed by atoms with Crippen molar-refractivity contribution >= 4 is 19.7 Å². The predicted molar refractivity (Wildman–Crippen MR) is 94.1 cm³/mol. The summed E-state index contributed by atoms with van der Waals surface area (Å²) >= 11 is 1.78. The monoisotopic (exact) mass is 312 g/mol. The van der Waals surface area contributed by atoms with Gasteiger partial charge in [0.1, 0.15) is 0 Å². The molecule has 0 bridgehead atoms. The molecule has 1 nitrogen and oxygen atoms in total. The van der Waals surface area contributed by atoms with E-state index in [4.69, 9.17) is 4.43 Å². The molecular weight excluding hydrogens is 280 g/mol. The van der Waals surface area contributed by atoms with Gasteiger partial charge in [0, 0.05) is 0 Å². The number of hydrogen-bond acceptors (Lipinski definition) is 2. The van der Waals surface area contributed by atoms with E-state index in [1.165, 1.54) is 37.7 Å². The van der Waals surface area contributed by atoms with Crippen LogP contribution >= 0.6 is 11.3 Å². The predicted octanol–water partition coefficient (Wildman–Crippen LogP) is 6.78. The molecule has 0 aliphatic rings. The maximum Gasteiger partial charge on any atom is 0.192 e. The molecule has 116 valence electrons. The van der Waals surface area contributed by atoms with Crippen LogP contribution in [0.5, 0.6) is 0 Å². The molecule has 0 saturated heterocycles. The zero-order chi connectivity index (χ0) is 15.2. The van der Waals surface area contributed by atoms with Crippen LogP contribution in [0.15, 0.2) is 16.8 Å². The third-order valence-corrected chi connectivity index (χ3v) is 9.67. The molecule has 0 radical (unpaired) electrons. The van der Waals surface area contributed by atoms with E-state index in [1.807, 2.05) is 0 Å². The van der Waals surface area contributed by atoms with Crippen molar-refractivity contribution in [1.82, 2.24) is 0 Å². The molecule has 0 unspecified atom stereocenters. The Balaban J connectivity index is 2.69. The van der Waals surface area contributed by atoms with Gasteiger partial charge in [-0.05, 0) is 46.9 Å². The van der Waals surface area contributed by atoms with Crippen molar-refractivity contribution in [3.05, 3.63) is 22.4 Å². The lowest BCUT2D eigenvalue weighted by Gasteiger charge is -2.39. The largest absolute Gasteiger partial charge is 0.410 e. The third kappa shape index (κ3) is 5.34. The number of rotatable bonds is 8. The van der Waals surface area contributed by atoms with Crippen molar-refractivity contribution < 1.29 is 4.43 Å². The van der Waals surface area contributed by atoms with Gasteiger partial charge in [-0.2, -0.15) is 11.3 Å². The van der Waals surface area contributed by atoms with Gasteiger partial charge in [0.2, 0.25) is 0 Å². The lowest BCUT2D eigenvalue weighted by atomic mass is 10.1. The van der Waals surface area contributed by atoms with Gasteiger partial charge in [0.15, 0.2) is 8.32 Å². The van der Waals surface area contributed by atoms with E-state index in [0.29, 0.717) is 6.10 Å². The summed E-state index contributed by atoms with van der Waals surface area (Å²) in [5.74, 6) is 0. The second kappa shape index (κ2) is 7.76. The minimum atomic E-state index is -1.69. The molecular formula is C17H32OSSi. The molecule has 0 saturated carbocycles. The molecule has 3 heteroatoms. The van der Waals surface area contributed by atoms with E-state index >= 15 is 0 Å². The van der Waals surface area contributed by atoms with Gasteiger partial charge in [-0.15, -0.1) is 0 Å². The van der Waals surface area contributed by atoms with Crippen molar-refractivity contribution in [2.75, 3.05) is 0 Å². The molecule has 0 aliphatic heterocycles. The lowest BCUT2D eigenvalue weighted by Crippen LogP contribution is -2.41. The fourth-order valence-corrected chi connectivity index (χ4v) is 4.06. The fourth-order valence-electron chi connectivity index (χ4n) is 2.04. The summed E-state index contributed by atoms with van der Waals surface area (Å²) in [6.07, 6.45) is 6.73. The maximum atomic E-state index is 6.67. The maximum absolute atomic E-state index is 6.67. The lowest BCUT2D eigenvalue weighted by molar-refractivity contribution is 0.170. The molecule has 1 atom stereocenters. The Morgan fingerprint density at radius 2 is 1.90 bits per heavy atom. The molecule has 0 aromatic carbocycles. The normalized spacial score (nSPS) is 14.5. The highest BCUT2D eigenvalue weighted by atomic mass is 32.1. The zero-order valence-electron chi connectivity index (χ0n) is 14.2. The first kappa shape index (κ1) is 17.9. The van der Waals surface area contributed by atoms with Gasteiger partial charge in [-0.25, -0.2) is 0 Å². The standard InChI is InChI=1S/C17H32OSSi/c1-7-8-9-10-11-16(15-12-13-19-14-15)18-20(5,6)17(2,3)4/h12-14,16H,7-11H2,1-6H3/t16-/m0/s1. The van der Waals surface area contributed by atoms with Gasteiger partial charge in [-0.1, -0.05) is 53.4 Å². The van der Waals surface area contributed by atoms with Crippen molar-refractivity contribution in [2.45, 2.75) is 84.0 Å². The highest BCUT2D eigenvalue weighted by molar-refractivity contribution is 7.08. The number of hydrogen-bond donors (Lipinski definition) is 0. The quantitative estimate of drug-likeness (QED) is 0.379. The van der Waals surface area contributed by atoms with Gasteiger partial charge in [-0.3, -0.25) is 0 Å². The first-order valence-corrected chi connectivity index (χ1v) is 11.8. The Bertz CT molecular complexity index is 365. The summed E-state index contributed by atoms with van der Waals surface area (Å²) in [6, 6.07) is 2.24. The zero-order valence-corrected chi connectivity index (χ0v) is 16.0. The van der Waals surface area contributed by atoms with Crippen molar-refractivity contribution in [1.29, 1.82) is 0 Å². The summed E-state index contributed by atoms with van der Waals surface area (Å²) in [6.45, 7) is 13.9. The molecule has 0 amide bonds. The topological polar surface area (TPSA) is 9.23 Å². The molecule has 0 N–H and O–H groups in total. The molecule has 0 aliphatic carbocycles. The summed E-state index contributed by atoms with van der Waals surface area (Å²) in [7, 11) is -1.69. The third-order valence-electron chi connectivity index (χ3n) is 4.48. The Hall–Kier alpha value is -0.123. The molecule has 0 fully saturated rings. The first-order chi connectivity index (χ1) is 9.28. The molecule has 0 spiro atoms. The smallest absolute Gasteiger partial charge is 0.192 e. The number of unbranched alkanes of at least 4 members (excludes halogenated alkanes) is 3. The second-order valence-electron chi connectivity index (χ2n) is 7.27. The van der Waals surface area contributed by atoms with Crippen LogP contribution in [0.25, 0.3) is 0 Å². The molecule has 1 aromatic rings. The Labute approximate surface area is 130 Å². The van der Waals surface area contributed by atoms with Crippen molar-refractivity contribution in [3.8, 4) is 0 Å². The van der Waals surface area contributed by atoms with Crippen molar-refractivity contribution in [3.63, 3.8) is 0 Å². The van der Waals surface area contributed by atoms with Crippen LogP contribution in [0.1, 0.15) is 71.5 Å². The van der Waals surface area contributed by atoms with Crippen LogP contribution in [-0.4, -0.2) is 8.32 Å². The highest BCUT2D eigenvalue weighted by Crippen LogP contribution is 2.41. The minimum absolute atomic E-state index is 0.282. The van der Waals surface area contributed by atoms with Gasteiger partial charge >= 0.3 is 0 Å². The van der Waals surface area contributed by atoms with Crippen LogP contribution in [0.3, 0.4) is 0 Å². The van der Waals surface area contributed by atoms with Crippen molar-refractivity contribution in [2.24, 2.45) is 0 Å². The van der Waals surface area contributed by atoms with Crippen LogP contribution in [0.2, 0.25) is 18.1 Å². The van der Waals surface area contributed by atoms with E-state index in [2.05, 4.69) is 57.6 Å². The Morgan fingerprint density at radius 3 is 2.40 bits per heavy atom. The van der Waals surface area contributed by atoms with E-state index < -0.39 is 8.32 Å². The van der Waals surface area contributed by atoms with E-state index in [9.17, 15) is 0 Å². The van der Waals surface area contributed by atoms with Gasteiger partial charge < -0.3 is 4.43 Å². The summed E-state index contributed by atoms with van der Waals surface area (Å²) in [5, 5.41) is 4.71. The second-order valence-corrected chi connectivity index (χ2v) is 12.8. The Morgan fingerprint density at radius 1 is 1.20 bits per heavy atom. The first-order valence-electron chi connectivity index (χ1n) is 7.98. The fraction of sp³-hybridized carbons (Fsp3) is 0.765. The van der Waals surface area contributed by atoms with Crippen LogP contribution in [0.4, 0.5) is 0 Å². The van der Waals surface area contributed by atoms with E-state index in [1.54, 1.807) is 11.3 Å². The van der Waals surface area contributed by atoms with E-state index in [0.717, 1.165) is 0 Å². The SMILES string of the molecule is CCCCCC[C@H](O[Si](C)(C)C(C)(C)C)c1ccsc1. The molecule has 1 rings (SSSR count). The van der Waals surface area contributed by atoms with Gasteiger partial charge in [0.05, 0.1) is 6.10 Å². The average Bonchev–Trinajstić information content (AvgIpc) is 2.85. The number of thiophene rings is 1. The summed E-state index contributed by atoms with van der Waals surface area (Å²) < 4.78 is 6.67. The molecule has 20 heavy (non-hydrogen) atoms. The van der Waals surface area contributed by atoms with E-state index in [-0.39, 0.29) is 5.04 Å². The van der Waals surface area contributed by atoms with Gasteiger partial charge in [0.25, 0.3) is 0 Å². The average molecular weight is 313 g/mol. The Kier molecular flexibility index (Phi) is 6.96. The summed E-state index contributed by atoms with van der Waals surface area (Å²) in [4.78, 5) is 0.